The summed E-state index contributed by atoms with van der Waals surface area (Å²) < 4.78 is 0. The van der Waals surface area contributed by atoms with Gasteiger partial charge in [0.15, 0.2) is 5.78 Å². The topological polar surface area (TPSA) is 74.8 Å². The maximum Gasteiger partial charge on any atom is 0.223 e. The van der Waals surface area contributed by atoms with Crippen LogP contribution in [0.15, 0.2) is 54.9 Å². The van der Waals surface area contributed by atoms with Gasteiger partial charge in [0.1, 0.15) is 0 Å². The third-order valence-electron chi connectivity index (χ3n) is 6.04. The van der Waals surface area contributed by atoms with Crippen LogP contribution >= 0.6 is 0 Å². The first-order chi connectivity index (χ1) is 14.1. The molecule has 1 aliphatic rings. The minimum Gasteiger partial charge on any atom is -0.357 e. The van der Waals surface area contributed by atoms with Crippen LogP contribution in [0, 0.1) is 5.92 Å². The van der Waals surface area contributed by atoms with Crippen molar-refractivity contribution in [3.05, 3.63) is 66.1 Å². The number of carbonyl (C=O) groups excluding carboxylic acids is 2. The van der Waals surface area contributed by atoms with E-state index in [1.165, 1.54) is 5.56 Å². The molecule has 0 unspecified atom stereocenters. The third-order valence-corrected chi connectivity index (χ3v) is 6.04. The number of carbonyl (C=O) groups is 2. The van der Waals surface area contributed by atoms with Crippen LogP contribution in [0.2, 0.25) is 0 Å². The van der Waals surface area contributed by atoms with Gasteiger partial charge in [-0.05, 0) is 56.2 Å². The highest BCUT2D eigenvalue weighted by Crippen LogP contribution is 2.38. The van der Waals surface area contributed by atoms with Crippen molar-refractivity contribution >= 4 is 22.6 Å². The second-order valence-electron chi connectivity index (χ2n) is 8.07. The Bertz CT molecular complexity index is 963. The molecule has 5 heteroatoms. The van der Waals surface area contributed by atoms with Gasteiger partial charge in [0.05, 0.1) is 17.8 Å². The van der Waals surface area contributed by atoms with Crippen LogP contribution in [-0.4, -0.2) is 27.7 Å². The number of rotatable bonds is 7. The molecule has 0 saturated heterocycles. The molecule has 1 amide bonds. The lowest BCUT2D eigenvalue weighted by Crippen LogP contribution is -2.41. The summed E-state index contributed by atoms with van der Waals surface area (Å²) in [5.41, 5.74) is 3.30. The number of nitrogens with one attached hydrogen (secondary N) is 2. The van der Waals surface area contributed by atoms with Gasteiger partial charge in [0, 0.05) is 29.6 Å². The summed E-state index contributed by atoms with van der Waals surface area (Å²) in [5, 5.41) is 4.04. The predicted molar refractivity (Wildman–Crippen MR) is 114 cm³/mol. The largest absolute Gasteiger partial charge is 0.357 e. The zero-order valence-electron chi connectivity index (χ0n) is 16.7. The highest BCUT2D eigenvalue weighted by atomic mass is 16.2. The standard InChI is InChI=1S/C24H27N3O2/c1-16(23(28)10-9-21-14-19-11-12-25-15-22(19)27-21)26-24(29)20-8-7-18(13-20)17-5-3-2-4-6-17/h2-6,11-12,14-16,18,20,27H,7-10,13H2,1H3,(H,26,29)/t16-,18+,20+/m0/s1. The molecule has 29 heavy (non-hydrogen) atoms. The van der Waals surface area contributed by atoms with Crippen molar-refractivity contribution in [1.82, 2.24) is 15.3 Å². The Morgan fingerprint density at radius 2 is 2.03 bits per heavy atom. The Morgan fingerprint density at radius 1 is 1.21 bits per heavy atom. The number of Topliss-reactive ketones (excluding diaryl/α,β-unsaturated/α-hetero) is 1. The molecule has 0 spiro atoms. The smallest absolute Gasteiger partial charge is 0.223 e. The van der Waals surface area contributed by atoms with Crippen molar-refractivity contribution in [2.24, 2.45) is 5.92 Å². The van der Waals surface area contributed by atoms with E-state index in [0.29, 0.717) is 18.8 Å². The molecule has 0 bridgehead atoms. The van der Waals surface area contributed by atoms with Crippen molar-refractivity contribution in [2.75, 3.05) is 0 Å². The number of aromatic nitrogens is 2. The third kappa shape index (κ3) is 4.56. The summed E-state index contributed by atoms with van der Waals surface area (Å²) in [6, 6.07) is 13.9. The molecule has 5 nitrogen and oxygen atoms in total. The fourth-order valence-corrected chi connectivity index (χ4v) is 4.30. The van der Waals surface area contributed by atoms with Crippen molar-refractivity contribution in [1.29, 1.82) is 0 Å². The molecule has 1 aliphatic carbocycles. The number of aryl methyl sites for hydroxylation is 1. The van der Waals surface area contributed by atoms with Crippen molar-refractivity contribution in [3.63, 3.8) is 0 Å². The minimum absolute atomic E-state index is 0.00309. The quantitative estimate of drug-likeness (QED) is 0.637. The zero-order chi connectivity index (χ0) is 20.2. The molecule has 1 saturated carbocycles. The molecule has 2 N–H and O–H groups in total. The SMILES string of the molecule is C[C@H](NC(=O)[C@@H]1CC[C@@H](c2ccccc2)C1)C(=O)CCc1cc2ccncc2[nH]1. The first-order valence-electron chi connectivity index (χ1n) is 10.4. The molecule has 0 radical (unpaired) electrons. The summed E-state index contributed by atoms with van der Waals surface area (Å²) in [6.07, 6.45) is 7.35. The molecule has 4 rings (SSSR count). The number of pyridine rings is 1. The van der Waals surface area contributed by atoms with Crippen LogP contribution in [0.25, 0.3) is 10.9 Å². The van der Waals surface area contributed by atoms with Crippen molar-refractivity contribution in [2.45, 2.75) is 51.0 Å². The Labute approximate surface area is 170 Å². The minimum atomic E-state index is -0.454. The van der Waals surface area contributed by atoms with Crippen LogP contribution in [0.3, 0.4) is 0 Å². The number of nitrogens with zero attached hydrogens (tertiary/aromatic N) is 1. The molecule has 0 aliphatic heterocycles. The summed E-state index contributed by atoms with van der Waals surface area (Å²) in [5.74, 6) is 0.514. The first kappa shape index (κ1) is 19.4. The summed E-state index contributed by atoms with van der Waals surface area (Å²) in [6.45, 7) is 1.79. The molecule has 1 fully saturated rings. The van der Waals surface area contributed by atoms with E-state index in [4.69, 9.17) is 0 Å². The Balaban J connectivity index is 1.26. The maximum absolute atomic E-state index is 12.7. The number of H-pyrrole nitrogens is 1. The molecule has 150 valence electrons. The molecular weight excluding hydrogens is 362 g/mol. The zero-order valence-corrected chi connectivity index (χ0v) is 16.7. The van der Waals surface area contributed by atoms with E-state index in [2.05, 4.69) is 33.5 Å². The van der Waals surface area contributed by atoms with Crippen molar-refractivity contribution in [3.8, 4) is 0 Å². The molecule has 3 aromatic rings. The predicted octanol–water partition coefficient (Wildman–Crippen LogP) is 4.15. The molecule has 1 aromatic carbocycles. The highest BCUT2D eigenvalue weighted by molar-refractivity contribution is 5.89. The van der Waals surface area contributed by atoms with Gasteiger partial charge in [0.25, 0.3) is 0 Å². The number of fused-ring (bicyclic) bond motifs is 1. The van der Waals surface area contributed by atoms with E-state index >= 15 is 0 Å². The normalized spacial score (nSPS) is 19.9. The average molecular weight is 389 g/mol. The number of amides is 1. The Kier molecular flexibility index (Phi) is 5.74. The second kappa shape index (κ2) is 8.60. The number of hydrogen-bond donors (Lipinski definition) is 2. The molecule has 3 atom stereocenters. The van der Waals surface area contributed by atoms with E-state index in [1.54, 1.807) is 19.3 Å². The average Bonchev–Trinajstić information content (AvgIpc) is 3.39. The number of ketones is 1. The maximum atomic E-state index is 12.7. The summed E-state index contributed by atoms with van der Waals surface area (Å²) in [4.78, 5) is 32.6. The summed E-state index contributed by atoms with van der Waals surface area (Å²) >= 11 is 0. The lowest BCUT2D eigenvalue weighted by molar-refractivity contribution is -0.129. The molecule has 2 aromatic heterocycles. The fraction of sp³-hybridized carbons (Fsp3) is 0.375. The van der Waals surface area contributed by atoms with E-state index < -0.39 is 6.04 Å². The fourth-order valence-electron chi connectivity index (χ4n) is 4.30. The van der Waals surface area contributed by atoms with E-state index in [1.807, 2.05) is 24.3 Å². The number of benzene rings is 1. The van der Waals surface area contributed by atoms with Gasteiger partial charge < -0.3 is 10.3 Å². The van der Waals surface area contributed by atoms with Gasteiger partial charge in [-0.15, -0.1) is 0 Å². The van der Waals surface area contributed by atoms with Gasteiger partial charge in [-0.2, -0.15) is 0 Å². The lowest BCUT2D eigenvalue weighted by atomic mass is 9.96. The van der Waals surface area contributed by atoms with E-state index in [0.717, 1.165) is 35.9 Å². The van der Waals surface area contributed by atoms with Crippen LogP contribution in [-0.2, 0) is 16.0 Å². The Morgan fingerprint density at radius 3 is 2.83 bits per heavy atom. The van der Waals surface area contributed by atoms with Gasteiger partial charge >= 0.3 is 0 Å². The highest BCUT2D eigenvalue weighted by Gasteiger charge is 2.31. The van der Waals surface area contributed by atoms with Crippen LogP contribution in [0.1, 0.15) is 49.8 Å². The Hall–Kier alpha value is -2.95. The monoisotopic (exact) mass is 389 g/mol. The second-order valence-corrected chi connectivity index (χ2v) is 8.07. The van der Waals surface area contributed by atoms with E-state index in [9.17, 15) is 9.59 Å². The van der Waals surface area contributed by atoms with Gasteiger partial charge in [-0.25, -0.2) is 0 Å². The van der Waals surface area contributed by atoms with E-state index in [-0.39, 0.29) is 17.6 Å². The number of aromatic amines is 1. The van der Waals surface area contributed by atoms with Gasteiger partial charge in [-0.1, -0.05) is 30.3 Å². The first-order valence-corrected chi connectivity index (χ1v) is 10.4. The molecule has 2 heterocycles. The summed E-state index contributed by atoms with van der Waals surface area (Å²) in [7, 11) is 0. The van der Waals surface area contributed by atoms with Crippen LogP contribution in [0.5, 0.6) is 0 Å². The van der Waals surface area contributed by atoms with Gasteiger partial charge in [-0.3, -0.25) is 14.6 Å². The van der Waals surface area contributed by atoms with Crippen LogP contribution in [0.4, 0.5) is 0 Å². The number of hydrogen-bond acceptors (Lipinski definition) is 3. The lowest BCUT2D eigenvalue weighted by Gasteiger charge is -2.16. The molecular formula is C24H27N3O2. The van der Waals surface area contributed by atoms with Crippen LogP contribution < -0.4 is 5.32 Å². The van der Waals surface area contributed by atoms with Crippen molar-refractivity contribution < 1.29 is 9.59 Å². The van der Waals surface area contributed by atoms with Gasteiger partial charge in [0.2, 0.25) is 5.91 Å².